The first kappa shape index (κ1) is 15.8. The van der Waals surface area contributed by atoms with Crippen molar-refractivity contribution in [3.05, 3.63) is 90.5 Å². The molecule has 22 heavy (non-hydrogen) atoms. The van der Waals surface area contributed by atoms with Crippen molar-refractivity contribution in [2.24, 2.45) is 0 Å². The standard InChI is InChI=1S/C19H17N.C2H6/c1-16-9-8-14-19(15-16)20(17-10-4-2-5-11-17)18-12-6-3-7-13-18;1-2/h2-15H,1H3;1-2H3. The van der Waals surface area contributed by atoms with Gasteiger partial charge in [-0.2, -0.15) is 0 Å². The molecule has 0 amide bonds. The van der Waals surface area contributed by atoms with Crippen molar-refractivity contribution in [3.63, 3.8) is 0 Å². The Morgan fingerprint density at radius 1 is 0.545 bits per heavy atom. The Hall–Kier alpha value is -2.54. The van der Waals surface area contributed by atoms with E-state index in [9.17, 15) is 0 Å². The third kappa shape index (κ3) is 3.76. The molecule has 0 unspecified atom stereocenters. The molecule has 3 aromatic carbocycles. The Bertz CT molecular complexity index is 635. The highest BCUT2D eigenvalue weighted by atomic mass is 15.1. The number of rotatable bonds is 3. The molecule has 0 spiro atoms. The molecule has 0 aliphatic rings. The van der Waals surface area contributed by atoms with Gasteiger partial charge < -0.3 is 4.90 Å². The van der Waals surface area contributed by atoms with Crippen LogP contribution in [-0.4, -0.2) is 0 Å². The van der Waals surface area contributed by atoms with E-state index in [4.69, 9.17) is 0 Å². The van der Waals surface area contributed by atoms with E-state index >= 15 is 0 Å². The molecule has 0 aromatic heterocycles. The summed E-state index contributed by atoms with van der Waals surface area (Å²) in [7, 11) is 0. The summed E-state index contributed by atoms with van der Waals surface area (Å²) >= 11 is 0. The fraction of sp³-hybridized carbons (Fsp3) is 0.143. The molecule has 112 valence electrons. The summed E-state index contributed by atoms with van der Waals surface area (Å²) in [6.45, 7) is 6.12. The van der Waals surface area contributed by atoms with E-state index in [1.165, 1.54) is 22.6 Å². The number of nitrogens with zero attached hydrogens (tertiary/aromatic N) is 1. The number of para-hydroxylation sites is 2. The van der Waals surface area contributed by atoms with Gasteiger partial charge in [0.15, 0.2) is 0 Å². The van der Waals surface area contributed by atoms with E-state index in [-0.39, 0.29) is 0 Å². The molecule has 0 saturated carbocycles. The second-order valence-electron chi connectivity index (χ2n) is 4.85. The second kappa shape index (κ2) is 8.04. The Kier molecular flexibility index (Phi) is 5.79. The molecule has 1 nitrogen and oxygen atoms in total. The number of aryl methyl sites for hydroxylation is 1. The zero-order valence-electron chi connectivity index (χ0n) is 13.5. The summed E-state index contributed by atoms with van der Waals surface area (Å²) in [5, 5.41) is 0. The Labute approximate surface area is 133 Å². The van der Waals surface area contributed by atoms with E-state index < -0.39 is 0 Å². The van der Waals surface area contributed by atoms with Gasteiger partial charge in [0.2, 0.25) is 0 Å². The van der Waals surface area contributed by atoms with Gasteiger partial charge in [-0.3, -0.25) is 0 Å². The lowest BCUT2D eigenvalue weighted by atomic mass is 10.1. The average molecular weight is 289 g/mol. The average Bonchev–Trinajstić information content (AvgIpc) is 2.59. The van der Waals surface area contributed by atoms with Gasteiger partial charge in [0, 0.05) is 17.1 Å². The van der Waals surface area contributed by atoms with Crippen molar-refractivity contribution in [2.75, 3.05) is 4.90 Å². The maximum atomic E-state index is 2.27. The van der Waals surface area contributed by atoms with Crippen LogP contribution in [0.5, 0.6) is 0 Å². The number of benzene rings is 3. The van der Waals surface area contributed by atoms with Crippen molar-refractivity contribution >= 4 is 17.1 Å². The summed E-state index contributed by atoms with van der Waals surface area (Å²) in [6.07, 6.45) is 0. The van der Waals surface area contributed by atoms with Gasteiger partial charge in [0.05, 0.1) is 0 Å². The van der Waals surface area contributed by atoms with Gasteiger partial charge in [-0.25, -0.2) is 0 Å². The molecular formula is C21H23N. The second-order valence-corrected chi connectivity index (χ2v) is 4.85. The molecule has 3 rings (SSSR count). The minimum Gasteiger partial charge on any atom is -0.310 e. The van der Waals surface area contributed by atoms with E-state index in [1.54, 1.807) is 0 Å². The van der Waals surface area contributed by atoms with Crippen LogP contribution in [0.3, 0.4) is 0 Å². The van der Waals surface area contributed by atoms with Crippen LogP contribution in [0.25, 0.3) is 0 Å². The fourth-order valence-corrected chi connectivity index (χ4v) is 2.37. The van der Waals surface area contributed by atoms with Crippen LogP contribution in [0.15, 0.2) is 84.9 Å². The van der Waals surface area contributed by atoms with Crippen LogP contribution in [0.1, 0.15) is 19.4 Å². The first-order chi connectivity index (χ1) is 10.8. The van der Waals surface area contributed by atoms with Crippen molar-refractivity contribution < 1.29 is 0 Å². The van der Waals surface area contributed by atoms with E-state index in [1.807, 2.05) is 26.0 Å². The zero-order chi connectivity index (χ0) is 15.8. The van der Waals surface area contributed by atoms with Crippen molar-refractivity contribution in [3.8, 4) is 0 Å². The molecule has 0 atom stereocenters. The SMILES string of the molecule is CC.Cc1cccc(N(c2ccccc2)c2ccccc2)c1. The summed E-state index contributed by atoms with van der Waals surface area (Å²) in [6, 6.07) is 29.5. The maximum Gasteiger partial charge on any atom is 0.0464 e. The molecule has 0 saturated heterocycles. The van der Waals surface area contributed by atoms with E-state index in [2.05, 4.69) is 84.6 Å². The van der Waals surface area contributed by atoms with Gasteiger partial charge in [-0.05, 0) is 48.9 Å². The normalized spacial score (nSPS) is 9.59. The lowest BCUT2D eigenvalue weighted by Gasteiger charge is -2.25. The molecule has 3 aromatic rings. The van der Waals surface area contributed by atoms with E-state index in [0.717, 1.165) is 0 Å². The highest BCUT2D eigenvalue weighted by Gasteiger charge is 2.11. The van der Waals surface area contributed by atoms with Crippen LogP contribution in [-0.2, 0) is 0 Å². The summed E-state index contributed by atoms with van der Waals surface area (Å²) in [5.41, 5.74) is 4.79. The predicted octanol–water partition coefficient (Wildman–Crippen LogP) is 6.49. The lowest BCUT2D eigenvalue weighted by Crippen LogP contribution is -2.09. The maximum absolute atomic E-state index is 2.27. The molecule has 0 fully saturated rings. The molecule has 0 aliphatic heterocycles. The van der Waals surface area contributed by atoms with Gasteiger partial charge in [0.25, 0.3) is 0 Å². The minimum atomic E-state index is 1.17. The Morgan fingerprint density at radius 3 is 1.45 bits per heavy atom. The van der Waals surface area contributed by atoms with Gasteiger partial charge in [0.1, 0.15) is 0 Å². The monoisotopic (exact) mass is 289 g/mol. The van der Waals surface area contributed by atoms with E-state index in [0.29, 0.717) is 0 Å². The smallest absolute Gasteiger partial charge is 0.0464 e. The molecule has 0 bridgehead atoms. The molecule has 0 radical (unpaired) electrons. The quantitative estimate of drug-likeness (QED) is 0.532. The Balaban J connectivity index is 0.000000847. The van der Waals surface area contributed by atoms with Crippen LogP contribution >= 0.6 is 0 Å². The Morgan fingerprint density at radius 2 is 1.00 bits per heavy atom. The number of anilines is 3. The van der Waals surface area contributed by atoms with Gasteiger partial charge in [-0.1, -0.05) is 62.4 Å². The van der Waals surface area contributed by atoms with Crippen molar-refractivity contribution in [1.82, 2.24) is 0 Å². The third-order valence-corrected chi connectivity index (χ3v) is 3.29. The molecule has 0 heterocycles. The molecular weight excluding hydrogens is 266 g/mol. The van der Waals surface area contributed by atoms with Crippen LogP contribution in [0.2, 0.25) is 0 Å². The first-order valence-electron chi connectivity index (χ1n) is 7.81. The molecule has 0 aliphatic carbocycles. The van der Waals surface area contributed by atoms with Gasteiger partial charge in [-0.15, -0.1) is 0 Å². The summed E-state index contributed by atoms with van der Waals surface area (Å²) < 4.78 is 0. The molecule has 0 N–H and O–H groups in total. The van der Waals surface area contributed by atoms with Crippen LogP contribution < -0.4 is 4.90 Å². The van der Waals surface area contributed by atoms with Crippen molar-refractivity contribution in [1.29, 1.82) is 0 Å². The number of hydrogen-bond donors (Lipinski definition) is 0. The van der Waals surface area contributed by atoms with Crippen LogP contribution in [0.4, 0.5) is 17.1 Å². The fourth-order valence-electron chi connectivity index (χ4n) is 2.37. The third-order valence-electron chi connectivity index (χ3n) is 3.29. The summed E-state index contributed by atoms with van der Waals surface area (Å²) in [5.74, 6) is 0. The first-order valence-corrected chi connectivity index (χ1v) is 7.81. The van der Waals surface area contributed by atoms with Crippen LogP contribution in [0, 0.1) is 6.92 Å². The molecule has 1 heteroatoms. The van der Waals surface area contributed by atoms with Gasteiger partial charge >= 0.3 is 0 Å². The van der Waals surface area contributed by atoms with Crippen molar-refractivity contribution in [2.45, 2.75) is 20.8 Å². The largest absolute Gasteiger partial charge is 0.310 e. The lowest BCUT2D eigenvalue weighted by molar-refractivity contribution is 1.27. The zero-order valence-corrected chi connectivity index (χ0v) is 13.5. The number of hydrogen-bond acceptors (Lipinski definition) is 1. The predicted molar refractivity (Wildman–Crippen MR) is 97.2 cm³/mol. The summed E-state index contributed by atoms with van der Waals surface area (Å²) in [4.78, 5) is 2.27. The highest BCUT2D eigenvalue weighted by molar-refractivity contribution is 5.76. The topological polar surface area (TPSA) is 3.24 Å². The highest BCUT2D eigenvalue weighted by Crippen LogP contribution is 2.34. The minimum absolute atomic E-state index is 1.17.